The van der Waals surface area contributed by atoms with Crippen molar-refractivity contribution in [1.29, 1.82) is 0 Å². The van der Waals surface area contributed by atoms with Crippen molar-refractivity contribution < 1.29 is 9.18 Å². The van der Waals surface area contributed by atoms with E-state index in [2.05, 4.69) is 15.9 Å². The maximum Gasteiger partial charge on any atom is 0.255 e. The molecule has 0 fully saturated rings. The maximum absolute atomic E-state index is 13.0. The van der Waals surface area contributed by atoms with Crippen LogP contribution in [0.15, 0.2) is 53.0 Å². The molecule has 2 aromatic rings. The molecule has 0 heterocycles. The number of carbonyl (C=O) groups excluding carboxylic acids is 1. The number of hydrogen-bond acceptors (Lipinski definition) is 1. The van der Waals surface area contributed by atoms with Crippen LogP contribution >= 0.6 is 15.9 Å². The van der Waals surface area contributed by atoms with Gasteiger partial charge in [0, 0.05) is 18.1 Å². The average Bonchev–Trinajstić information content (AvgIpc) is 2.39. The fraction of sp³-hybridized carbons (Fsp3) is 0.133. The molecule has 2 nitrogen and oxygen atoms in total. The zero-order valence-corrected chi connectivity index (χ0v) is 12.0. The Bertz CT molecular complexity index is 586. The molecule has 0 spiro atoms. The Balaban J connectivity index is 2.15. The Morgan fingerprint density at radius 2 is 1.89 bits per heavy atom. The highest BCUT2D eigenvalue weighted by Crippen LogP contribution is 2.20. The molecule has 98 valence electrons. The Morgan fingerprint density at radius 3 is 2.53 bits per heavy atom. The van der Waals surface area contributed by atoms with Crippen molar-refractivity contribution in [3.05, 3.63) is 69.9 Å². The van der Waals surface area contributed by atoms with Crippen LogP contribution in [0, 0.1) is 5.82 Å². The van der Waals surface area contributed by atoms with Crippen molar-refractivity contribution >= 4 is 21.8 Å². The van der Waals surface area contributed by atoms with Crippen LogP contribution in [-0.4, -0.2) is 17.9 Å². The molecule has 0 saturated heterocycles. The van der Waals surface area contributed by atoms with Gasteiger partial charge in [-0.3, -0.25) is 4.79 Å². The number of benzene rings is 2. The minimum atomic E-state index is -0.367. The van der Waals surface area contributed by atoms with Crippen molar-refractivity contribution in [2.24, 2.45) is 0 Å². The molecular weight excluding hydrogens is 309 g/mol. The number of carbonyl (C=O) groups is 1. The smallest absolute Gasteiger partial charge is 0.255 e. The normalized spacial score (nSPS) is 10.3. The van der Waals surface area contributed by atoms with E-state index in [-0.39, 0.29) is 11.7 Å². The molecule has 2 rings (SSSR count). The highest BCUT2D eigenvalue weighted by Gasteiger charge is 2.15. The van der Waals surface area contributed by atoms with Gasteiger partial charge >= 0.3 is 0 Å². The predicted octanol–water partition coefficient (Wildman–Crippen LogP) is 3.86. The quantitative estimate of drug-likeness (QED) is 0.840. The lowest BCUT2D eigenvalue weighted by molar-refractivity contribution is 0.0784. The van der Waals surface area contributed by atoms with Gasteiger partial charge in [0.05, 0.1) is 5.56 Å². The molecule has 0 aliphatic carbocycles. The van der Waals surface area contributed by atoms with E-state index in [1.807, 2.05) is 30.3 Å². The zero-order chi connectivity index (χ0) is 13.8. The lowest BCUT2D eigenvalue weighted by atomic mass is 10.1. The Labute approximate surface area is 120 Å². The van der Waals surface area contributed by atoms with Crippen LogP contribution < -0.4 is 0 Å². The molecule has 0 unspecified atom stereocenters. The lowest BCUT2D eigenvalue weighted by Gasteiger charge is -2.18. The average molecular weight is 322 g/mol. The summed E-state index contributed by atoms with van der Waals surface area (Å²) in [6, 6.07) is 13.8. The summed E-state index contributed by atoms with van der Waals surface area (Å²) in [4.78, 5) is 13.9. The van der Waals surface area contributed by atoms with Crippen LogP contribution in [0.3, 0.4) is 0 Å². The van der Waals surface area contributed by atoms with E-state index in [1.165, 1.54) is 18.2 Å². The van der Waals surface area contributed by atoms with Crippen molar-refractivity contribution in [3.8, 4) is 0 Å². The van der Waals surface area contributed by atoms with Gasteiger partial charge in [0.25, 0.3) is 5.91 Å². The van der Waals surface area contributed by atoms with Gasteiger partial charge in [0.1, 0.15) is 5.82 Å². The molecule has 19 heavy (non-hydrogen) atoms. The van der Waals surface area contributed by atoms with E-state index < -0.39 is 0 Å². The molecule has 0 radical (unpaired) electrons. The van der Waals surface area contributed by atoms with E-state index in [0.717, 1.165) is 5.56 Å². The minimum absolute atomic E-state index is 0.143. The molecule has 0 aromatic heterocycles. The number of hydrogen-bond donors (Lipinski definition) is 0. The summed E-state index contributed by atoms with van der Waals surface area (Å²) in [7, 11) is 1.73. The first-order valence-corrected chi connectivity index (χ1v) is 6.61. The number of halogens is 2. The Kier molecular flexibility index (Phi) is 4.32. The highest BCUT2D eigenvalue weighted by molar-refractivity contribution is 9.10. The second-order valence-electron chi connectivity index (χ2n) is 4.27. The molecule has 0 saturated carbocycles. The Morgan fingerprint density at radius 1 is 1.21 bits per heavy atom. The number of amides is 1. The largest absolute Gasteiger partial charge is 0.337 e. The van der Waals surface area contributed by atoms with Gasteiger partial charge in [-0.2, -0.15) is 0 Å². The molecule has 2 aromatic carbocycles. The number of nitrogens with zero attached hydrogens (tertiary/aromatic N) is 1. The first-order valence-electron chi connectivity index (χ1n) is 5.82. The fourth-order valence-electron chi connectivity index (χ4n) is 1.80. The van der Waals surface area contributed by atoms with Crippen LogP contribution in [0.25, 0.3) is 0 Å². The van der Waals surface area contributed by atoms with Crippen LogP contribution in [-0.2, 0) is 6.54 Å². The zero-order valence-electron chi connectivity index (χ0n) is 10.4. The monoisotopic (exact) mass is 321 g/mol. The van der Waals surface area contributed by atoms with Crippen LogP contribution in [0.5, 0.6) is 0 Å². The second kappa shape index (κ2) is 5.97. The molecule has 0 aliphatic heterocycles. The fourth-order valence-corrected chi connectivity index (χ4v) is 2.32. The summed E-state index contributed by atoms with van der Waals surface area (Å²) in [6.45, 7) is 0.517. The summed E-state index contributed by atoms with van der Waals surface area (Å²) in [5, 5.41) is 0. The van der Waals surface area contributed by atoms with Crippen molar-refractivity contribution in [1.82, 2.24) is 4.90 Å². The summed E-state index contributed by atoms with van der Waals surface area (Å²) in [6.07, 6.45) is 0. The molecule has 0 atom stereocenters. The molecule has 0 bridgehead atoms. The van der Waals surface area contributed by atoms with Gasteiger partial charge in [-0.15, -0.1) is 0 Å². The highest BCUT2D eigenvalue weighted by atomic mass is 79.9. The van der Waals surface area contributed by atoms with E-state index in [1.54, 1.807) is 11.9 Å². The van der Waals surface area contributed by atoms with Gasteiger partial charge in [0.2, 0.25) is 0 Å². The van der Waals surface area contributed by atoms with E-state index in [4.69, 9.17) is 0 Å². The molecule has 0 aliphatic rings. The van der Waals surface area contributed by atoms with E-state index in [9.17, 15) is 9.18 Å². The first kappa shape index (κ1) is 13.7. The molecular formula is C15H13BrFNO. The SMILES string of the molecule is CN(Cc1ccccc1)C(=O)c1ccc(F)cc1Br. The van der Waals surface area contributed by atoms with Crippen molar-refractivity contribution in [2.75, 3.05) is 7.05 Å². The molecule has 4 heteroatoms. The molecule has 1 amide bonds. The standard InChI is InChI=1S/C15H13BrFNO/c1-18(10-11-5-3-2-4-6-11)15(19)13-8-7-12(17)9-14(13)16/h2-9H,10H2,1H3. The second-order valence-corrected chi connectivity index (χ2v) is 5.13. The van der Waals surface area contributed by atoms with Gasteiger partial charge in [-0.25, -0.2) is 4.39 Å². The molecule has 0 N–H and O–H groups in total. The summed E-state index contributed by atoms with van der Waals surface area (Å²) in [5.41, 5.74) is 1.51. The summed E-state index contributed by atoms with van der Waals surface area (Å²) >= 11 is 3.21. The predicted molar refractivity (Wildman–Crippen MR) is 76.3 cm³/mol. The first-order chi connectivity index (χ1) is 9.08. The van der Waals surface area contributed by atoms with Gasteiger partial charge in [-0.1, -0.05) is 30.3 Å². The van der Waals surface area contributed by atoms with Crippen LogP contribution in [0.2, 0.25) is 0 Å². The van der Waals surface area contributed by atoms with Crippen molar-refractivity contribution in [2.45, 2.75) is 6.54 Å². The van der Waals surface area contributed by atoms with Gasteiger partial charge in [-0.05, 0) is 39.7 Å². The van der Waals surface area contributed by atoms with Crippen molar-refractivity contribution in [3.63, 3.8) is 0 Å². The van der Waals surface area contributed by atoms with E-state index >= 15 is 0 Å². The topological polar surface area (TPSA) is 20.3 Å². The summed E-state index contributed by atoms with van der Waals surface area (Å²) in [5.74, 6) is -0.509. The van der Waals surface area contributed by atoms with Crippen LogP contribution in [0.4, 0.5) is 4.39 Å². The third-order valence-corrected chi connectivity index (χ3v) is 3.43. The van der Waals surface area contributed by atoms with E-state index in [0.29, 0.717) is 16.6 Å². The maximum atomic E-state index is 13.0. The number of rotatable bonds is 3. The van der Waals surface area contributed by atoms with Crippen LogP contribution in [0.1, 0.15) is 15.9 Å². The lowest BCUT2D eigenvalue weighted by Crippen LogP contribution is -2.26. The van der Waals surface area contributed by atoms with Gasteiger partial charge in [0.15, 0.2) is 0 Å². The Hall–Kier alpha value is -1.68. The minimum Gasteiger partial charge on any atom is -0.337 e. The third kappa shape index (κ3) is 3.41. The van der Waals surface area contributed by atoms with Gasteiger partial charge < -0.3 is 4.90 Å². The third-order valence-electron chi connectivity index (χ3n) is 2.77. The summed E-state index contributed by atoms with van der Waals surface area (Å²) < 4.78 is 13.5.